The minimum absolute atomic E-state index is 0.000470. The smallest absolute Gasteiger partial charge is 0.417 e. The van der Waals surface area contributed by atoms with Crippen LogP contribution in [0.15, 0.2) is 90.6 Å². The summed E-state index contributed by atoms with van der Waals surface area (Å²) in [7, 11) is 0. The van der Waals surface area contributed by atoms with Gasteiger partial charge in [0.15, 0.2) is 0 Å². The molecule has 6 amide bonds. The van der Waals surface area contributed by atoms with Crippen LogP contribution in [-0.4, -0.2) is 160 Å². The van der Waals surface area contributed by atoms with Gasteiger partial charge >= 0.3 is 12.2 Å². The number of pyridine rings is 1. The fourth-order valence-electron chi connectivity index (χ4n) is 8.40. The molecule has 0 unspecified atom stereocenters. The molecule has 3 aromatic carbocycles. The van der Waals surface area contributed by atoms with Crippen molar-refractivity contribution < 1.29 is 75.4 Å². The maximum absolute atomic E-state index is 14.0. The fraction of sp³-hybridized carbons (Fsp3) is 0.466. The van der Waals surface area contributed by atoms with Gasteiger partial charge in [0, 0.05) is 49.6 Å². The average molecular weight is 1210 g/mol. The topological polar surface area (TPSA) is 259 Å². The van der Waals surface area contributed by atoms with Crippen molar-refractivity contribution in [3.05, 3.63) is 118 Å². The van der Waals surface area contributed by atoms with Gasteiger partial charge in [-0.15, -0.1) is 11.3 Å². The molecule has 6 rings (SSSR count). The van der Waals surface area contributed by atoms with Crippen molar-refractivity contribution in [3.8, 4) is 21.9 Å². The summed E-state index contributed by atoms with van der Waals surface area (Å²) in [4.78, 5) is 76.7. The van der Waals surface area contributed by atoms with Gasteiger partial charge in [0.25, 0.3) is 5.91 Å². The molecule has 26 heteroatoms. The van der Waals surface area contributed by atoms with Gasteiger partial charge in [0.1, 0.15) is 29.3 Å². The van der Waals surface area contributed by atoms with Crippen LogP contribution < -0.4 is 31.3 Å². The standard InChI is InChI=1S/C58H72ClF3N8O13S/c1-37(39-6-8-40(9-7-39)51-38(2)65-36-84-51)66-54(74)49-33-43(71)35-70(49)55(75)52(57(3,4)5)69-50(72)17-20-77-22-24-79-26-28-81-30-31-82-29-27-80-25-23-78-21-19-64-53(73)48-34-45(16-18-63-48)83-44-13-10-41(11-14-44)67-56(76)68-42-12-15-47(59)46(32-42)58(60,61)62/h6-16,18,32,34,36-37,43,49,52,71H,17,19-31,33,35H2,1-5H3,(H,64,73)(H,66,74)(H,69,72)(H2,67,68,76)/t37-,43+,49-,52-/m0/s1. The second-order valence-corrected chi connectivity index (χ2v) is 21.6. The van der Waals surface area contributed by atoms with Crippen molar-refractivity contribution in [1.29, 1.82) is 0 Å². The van der Waals surface area contributed by atoms with Crippen LogP contribution in [0.25, 0.3) is 10.4 Å². The molecule has 1 aliphatic rings. The number of rotatable bonds is 32. The number of aliphatic hydroxyl groups excluding tert-OH is 1. The van der Waals surface area contributed by atoms with Crippen molar-refractivity contribution in [2.75, 3.05) is 103 Å². The molecule has 84 heavy (non-hydrogen) atoms. The molecule has 3 heterocycles. The first-order valence-corrected chi connectivity index (χ1v) is 28.4. The van der Waals surface area contributed by atoms with Gasteiger partial charge in [-0.25, -0.2) is 9.78 Å². The number of aromatic nitrogens is 2. The number of likely N-dealkylation sites (tertiary alicyclic amines) is 1. The lowest BCUT2D eigenvalue weighted by molar-refractivity contribution is -0.144. The Bertz CT molecular complexity index is 2920. The van der Waals surface area contributed by atoms with Crippen LogP contribution >= 0.6 is 22.9 Å². The number of urea groups is 1. The number of hydrogen-bond acceptors (Lipinski definition) is 16. The van der Waals surface area contributed by atoms with Crippen LogP contribution in [0.5, 0.6) is 11.5 Å². The molecule has 5 aromatic rings. The number of halogens is 4. The lowest BCUT2D eigenvalue weighted by Gasteiger charge is -2.35. The number of aryl methyl sites for hydroxylation is 1. The molecule has 1 saturated heterocycles. The van der Waals surface area contributed by atoms with Gasteiger partial charge < -0.3 is 69.7 Å². The highest BCUT2D eigenvalue weighted by Crippen LogP contribution is 2.36. The van der Waals surface area contributed by atoms with E-state index in [9.17, 15) is 42.3 Å². The van der Waals surface area contributed by atoms with Gasteiger partial charge in [0.05, 0.1) is 118 Å². The van der Waals surface area contributed by atoms with Crippen molar-refractivity contribution >= 4 is 64.0 Å². The third-order valence-corrected chi connectivity index (χ3v) is 14.1. The molecule has 6 N–H and O–H groups in total. The first-order chi connectivity index (χ1) is 40.2. The summed E-state index contributed by atoms with van der Waals surface area (Å²) in [5, 5.41) is 23.6. The predicted molar refractivity (Wildman–Crippen MR) is 308 cm³/mol. The number of amides is 6. The molecule has 0 aliphatic carbocycles. The maximum atomic E-state index is 14.0. The molecule has 2 aromatic heterocycles. The Morgan fingerprint density at radius 3 is 1.90 bits per heavy atom. The van der Waals surface area contributed by atoms with Crippen molar-refractivity contribution in [1.82, 2.24) is 30.8 Å². The van der Waals surface area contributed by atoms with E-state index in [1.807, 2.05) is 58.9 Å². The maximum Gasteiger partial charge on any atom is 0.417 e. The summed E-state index contributed by atoms with van der Waals surface area (Å²) in [6.07, 6.45) is -4.08. The first-order valence-electron chi connectivity index (χ1n) is 27.2. The van der Waals surface area contributed by atoms with Gasteiger partial charge in [0.2, 0.25) is 17.7 Å². The monoisotopic (exact) mass is 1210 g/mol. The van der Waals surface area contributed by atoms with E-state index in [1.165, 1.54) is 35.4 Å². The second-order valence-electron chi connectivity index (χ2n) is 20.3. The van der Waals surface area contributed by atoms with Crippen LogP contribution in [0, 0.1) is 12.3 Å². The number of nitrogens with one attached hydrogen (secondary N) is 5. The highest BCUT2D eigenvalue weighted by molar-refractivity contribution is 7.13. The SMILES string of the molecule is Cc1ncsc1-c1ccc([C@H](C)NC(=O)[C@@H]2C[C@@H](O)CN2C(=O)[C@H](NC(=O)CCOCCOCCOCCOCCOCCOCCNC(=O)c2cc(Oc3ccc(NC(=O)Nc4ccc(Cl)c(C(F)(F)F)c4)cc3)ccn2)C(C)(C)C)cc1. The zero-order chi connectivity index (χ0) is 60.7. The van der Waals surface area contributed by atoms with E-state index in [0.717, 1.165) is 33.8 Å². The largest absolute Gasteiger partial charge is 0.457 e. The van der Waals surface area contributed by atoms with Crippen LogP contribution in [-0.2, 0) is 49.0 Å². The summed E-state index contributed by atoms with van der Waals surface area (Å²) in [6, 6.07) is 17.1. The van der Waals surface area contributed by atoms with E-state index in [4.69, 9.17) is 44.8 Å². The van der Waals surface area contributed by atoms with E-state index in [2.05, 4.69) is 36.6 Å². The predicted octanol–water partition coefficient (Wildman–Crippen LogP) is 8.21. The van der Waals surface area contributed by atoms with Crippen LogP contribution in [0.4, 0.5) is 29.3 Å². The molecular weight excluding hydrogens is 1140 g/mol. The quantitative estimate of drug-likeness (QED) is 0.0222. The summed E-state index contributed by atoms with van der Waals surface area (Å²) in [5.74, 6) is -0.960. The molecule has 4 atom stereocenters. The fourth-order valence-corrected chi connectivity index (χ4v) is 9.43. The molecular formula is C58H72ClF3N8O13S. The van der Waals surface area contributed by atoms with Gasteiger partial charge in [-0.05, 0) is 78.9 Å². The number of ether oxygens (including phenoxy) is 7. The van der Waals surface area contributed by atoms with E-state index in [-0.39, 0.29) is 81.6 Å². The summed E-state index contributed by atoms with van der Waals surface area (Å²) >= 11 is 7.21. The Morgan fingerprint density at radius 1 is 0.738 bits per heavy atom. The number of thiazole rings is 1. The van der Waals surface area contributed by atoms with Crippen molar-refractivity contribution in [2.24, 2.45) is 5.41 Å². The number of nitrogens with zero attached hydrogens (tertiary/aromatic N) is 3. The van der Waals surface area contributed by atoms with Crippen LogP contribution in [0.3, 0.4) is 0 Å². The Kier molecular flexibility index (Phi) is 26.1. The number of benzene rings is 3. The summed E-state index contributed by atoms with van der Waals surface area (Å²) in [6.45, 7) is 13.1. The molecule has 1 aliphatic heterocycles. The van der Waals surface area contributed by atoms with E-state index in [1.54, 1.807) is 35.0 Å². The lowest BCUT2D eigenvalue weighted by Crippen LogP contribution is -2.58. The normalized spacial score (nSPS) is 15.0. The number of alkyl halides is 3. The van der Waals surface area contributed by atoms with Gasteiger partial charge in [-0.2, -0.15) is 13.2 Å². The van der Waals surface area contributed by atoms with Gasteiger partial charge in [-0.3, -0.25) is 24.2 Å². The zero-order valence-corrected chi connectivity index (χ0v) is 49.0. The molecule has 0 spiro atoms. The number of carbonyl (C=O) groups is 5. The molecule has 0 saturated carbocycles. The molecule has 0 radical (unpaired) electrons. The Labute approximate surface area is 494 Å². The summed E-state index contributed by atoms with van der Waals surface area (Å²) < 4.78 is 78.6. The van der Waals surface area contributed by atoms with Crippen molar-refractivity contribution in [3.63, 3.8) is 0 Å². The third kappa shape index (κ3) is 21.7. The van der Waals surface area contributed by atoms with E-state index < -0.39 is 58.2 Å². The number of carbonyl (C=O) groups excluding carboxylic acids is 5. The second kappa shape index (κ2) is 33.0. The Balaban J connectivity index is 0.729. The Hall–Kier alpha value is -6.81. The zero-order valence-electron chi connectivity index (χ0n) is 47.4. The minimum Gasteiger partial charge on any atom is -0.457 e. The Morgan fingerprint density at radius 2 is 1.32 bits per heavy atom. The van der Waals surface area contributed by atoms with E-state index >= 15 is 0 Å². The minimum atomic E-state index is -4.69. The number of hydrogen-bond donors (Lipinski definition) is 6. The average Bonchev–Trinajstić information content (AvgIpc) is 4.25. The first kappa shape index (κ1) is 66.3. The number of aliphatic hydroxyl groups is 1. The number of anilines is 2. The van der Waals surface area contributed by atoms with Gasteiger partial charge in [-0.1, -0.05) is 56.6 Å². The van der Waals surface area contributed by atoms with Crippen LogP contribution in [0.2, 0.25) is 5.02 Å². The summed E-state index contributed by atoms with van der Waals surface area (Å²) in [5.41, 5.74) is 3.25. The number of β-amino-alcohol motifs (C(OH)–C–C–N with tert-alkyl or cyclic N) is 1. The molecule has 456 valence electrons. The molecule has 0 bridgehead atoms. The third-order valence-electron chi connectivity index (χ3n) is 12.8. The van der Waals surface area contributed by atoms with Crippen LogP contribution in [0.1, 0.15) is 73.9 Å². The van der Waals surface area contributed by atoms with Crippen molar-refractivity contribution in [2.45, 2.75) is 77.9 Å². The highest BCUT2D eigenvalue weighted by Gasteiger charge is 2.45. The highest BCUT2D eigenvalue weighted by atomic mass is 35.5. The molecule has 1 fully saturated rings. The molecule has 21 nitrogen and oxygen atoms in total. The van der Waals surface area contributed by atoms with E-state index in [0.29, 0.717) is 70.0 Å². The lowest BCUT2D eigenvalue weighted by atomic mass is 9.85.